The Hall–Kier alpha value is -3.14. The smallest absolute Gasteiger partial charge is 0.274 e. The van der Waals surface area contributed by atoms with Crippen molar-refractivity contribution in [2.75, 3.05) is 10.6 Å². The third-order valence-electron chi connectivity index (χ3n) is 4.51. The van der Waals surface area contributed by atoms with E-state index in [1.807, 2.05) is 48.5 Å². The van der Waals surface area contributed by atoms with E-state index in [1.54, 1.807) is 12.3 Å². The lowest BCUT2D eigenvalue weighted by atomic mass is 10.0. The highest BCUT2D eigenvalue weighted by molar-refractivity contribution is 6.03. The van der Waals surface area contributed by atoms with Gasteiger partial charge in [0, 0.05) is 11.7 Å². The minimum absolute atomic E-state index is 0.158. The van der Waals surface area contributed by atoms with E-state index in [0.717, 1.165) is 16.9 Å². The highest BCUT2D eigenvalue weighted by atomic mass is 16.1. The third-order valence-corrected chi connectivity index (χ3v) is 4.51. The van der Waals surface area contributed by atoms with Crippen LogP contribution in [0.15, 0.2) is 72.9 Å². The number of pyridine rings is 1. The quantitative estimate of drug-likeness (QED) is 0.600. The van der Waals surface area contributed by atoms with Crippen molar-refractivity contribution < 1.29 is 4.79 Å². The number of carbonyl (C=O) groups excluding carboxylic acids is 1. The number of hydrogen-bond acceptors (Lipinski definition) is 3. The second-order valence-electron chi connectivity index (χ2n) is 6.90. The molecule has 0 radical (unpaired) electrons. The molecule has 1 atom stereocenters. The van der Waals surface area contributed by atoms with Crippen LogP contribution < -0.4 is 10.6 Å². The molecule has 4 nitrogen and oxygen atoms in total. The number of nitrogens with one attached hydrogen (secondary N) is 2. The number of para-hydroxylation sites is 1. The van der Waals surface area contributed by atoms with Crippen molar-refractivity contribution in [3.63, 3.8) is 0 Å². The fourth-order valence-electron chi connectivity index (χ4n) is 2.99. The van der Waals surface area contributed by atoms with Crippen molar-refractivity contribution in [1.29, 1.82) is 0 Å². The largest absolute Gasteiger partial charge is 0.377 e. The van der Waals surface area contributed by atoms with Gasteiger partial charge in [0.05, 0.1) is 11.9 Å². The predicted molar refractivity (Wildman–Crippen MR) is 111 cm³/mol. The van der Waals surface area contributed by atoms with Gasteiger partial charge in [-0.2, -0.15) is 0 Å². The Morgan fingerprint density at radius 3 is 2.26 bits per heavy atom. The van der Waals surface area contributed by atoms with Crippen LogP contribution in [0.4, 0.5) is 11.4 Å². The fraction of sp³-hybridized carbons (Fsp3) is 0.217. The van der Waals surface area contributed by atoms with Crippen LogP contribution in [0.25, 0.3) is 0 Å². The van der Waals surface area contributed by atoms with Gasteiger partial charge in [0.2, 0.25) is 0 Å². The minimum Gasteiger partial charge on any atom is -0.377 e. The molecule has 1 aromatic heterocycles. The maximum atomic E-state index is 12.5. The Kier molecular flexibility index (Phi) is 5.87. The molecule has 0 saturated carbocycles. The molecule has 0 spiro atoms. The number of carbonyl (C=O) groups is 1. The number of benzene rings is 2. The van der Waals surface area contributed by atoms with Crippen LogP contribution in [0.1, 0.15) is 54.3 Å². The van der Waals surface area contributed by atoms with Crippen LogP contribution in [0.2, 0.25) is 0 Å². The Morgan fingerprint density at radius 1 is 0.889 bits per heavy atom. The molecular formula is C23H25N3O. The molecule has 0 aliphatic heterocycles. The van der Waals surface area contributed by atoms with Crippen molar-refractivity contribution in [1.82, 2.24) is 4.98 Å². The van der Waals surface area contributed by atoms with E-state index in [0.29, 0.717) is 11.6 Å². The van der Waals surface area contributed by atoms with Crippen LogP contribution in [-0.4, -0.2) is 10.9 Å². The molecule has 1 unspecified atom stereocenters. The first-order chi connectivity index (χ1) is 13.0. The number of aromatic nitrogens is 1. The molecule has 2 aromatic carbocycles. The van der Waals surface area contributed by atoms with Gasteiger partial charge < -0.3 is 10.6 Å². The van der Waals surface area contributed by atoms with Crippen LogP contribution in [0.5, 0.6) is 0 Å². The SMILES string of the molecule is CC(C)c1ccccc1NC(=O)c1ccc(NC(C)c2ccccc2)cn1. The molecule has 0 saturated heterocycles. The van der Waals surface area contributed by atoms with Gasteiger partial charge in [0.15, 0.2) is 0 Å². The van der Waals surface area contributed by atoms with E-state index < -0.39 is 0 Å². The summed E-state index contributed by atoms with van der Waals surface area (Å²) in [7, 11) is 0. The van der Waals surface area contributed by atoms with Gasteiger partial charge in [0.25, 0.3) is 5.91 Å². The van der Waals surface area contributed by atoms with E-state index >= 15 is 0 Å². The van der Waals surface area contributed by atoms with Gasteiger partial charge in [-0.1, -0.05) is 62.4 Å². The summed E-state index contributed by atoms with van der Waals surface area (Å²) in [6.45, 7) is 6.31. The zero-order valence-corrected chi connectivity index (χ0v) is 15.9. The lowest BCUT2D eigenvalue weighted by Crippen LogP contribution is -2.15. The molecule has 2 N–H and O–H groups in total. The Labute approximate surface area is 160 Å². The van der Waals surface area contributed by atoms with E-state index in [4.69, 9.17) is 0 Å². The van der Waals surface area contributed by atoms with Crippen molar-refractivity contribution in [3.05, 3.63) is 89.7 Å². The van der Waals surface area contributed by atoms with Gasteiger partial charge in [-0.3, -0.25) is 4.79 Å². The molecule has 3 aromatic rings. The Morgan fingerprint density at radius 2 is 1.59 bits per heavy atom. The molecule has 3 rings (SSSR count). The highest BCUT2D eigenvalue weighted by Gasteiger charge is 2.12. The average Bonchev–Trinajstić information content (AvgIpc) is 2.69. The highest BCUT2D eigenvalue weighted by Crippen LogP contribution is 2.24. The van der Waals surface area contributed by atoms with Gasteiger partial charge in [0.1, 0.15) is 5.69 Å². The van der Waals surface area contributed by atoms with E-state index in [-0.39, 0.29) is 11.9 Å². The first-order valence-electron chi connectivity index (χ1n) is 9.22. The summed E-state index contributed by atoms with van der Waals surface area (Å²) < 4.78 is 0. The van der Waals surface area contributed by atoms with E-state index in [9.17, 15) is 4.79 Å². The summed E-state index contributed by atoms with van der Waals surface area (Å²) in [6.07, 6.45) is 1.70. The molecule has 1 heterocycles. The van der Waals surface area contributed by atoms with Crippen LogP contribution >= 0.6 is 0 Å². The second kappa shape index (κ2) is 8.49. The number of nitrogens with zero attached hydrogens (tertiary/aromatic N) is 1. The summed E-state index contributed by atoms with van der Waals surface area (Å²) in [5.74, 6) is 0.131. The van der Waals surface area contributed by atoms with Crippen LogP contribution in [0.3, 0.4) is 0 Å². The Balaban J connectivity index is 1.67. The van der Waals surface area contributed by atoms with Crippen molar-refractivity contribution in [3.8, 4) is 0 Å². The molecule has 0 fully saturated rings. The van der Waals surface area contributed by atoms with Crippen molar-refractivity contribution in [2.24, 2.45) is 0 Å². The number of hydrogen-bond donors (Lipinski definition) is 2. The maximum absolute atomic E-state index is 12.5. The summed E-state index contributed by atoms with van der Waals surface area (Å²) in [5.41, 5.74) is 4.42. The topological polar surface area (TPSA) is 54.0 Å². The van der Waals surface area contributed by atoms with Crippen LogP contribution in [0, 0.1) is 0 Å². The molecule has 27 heavy (non-hydrogen) atoms. The zero-order chi connectivity index (χ0) is 19.2. The minimum atomic E-state index is -0.203. The fourth-order valence-corrected chi connectivity index (χ4v) is 2.99. The molecule has 0 aliphatic carbocycles. The number of amides is 1. The standard InChI is InChI=1S/C23H25N3O/c1-16(2)20-11-7-8-12-21(20)26-23(27)22-14-13-19(15-24-22)25-17(3)18-9-5-4-6-10-18/h4-17,25H,1-3H3,(H,26,27). The van der Waals surface area contributed by atoms with Gasteiger partial charge >= 0.3 is 0 Å². The average molecular weight is 359 g/mol. The van der Waals surface area contributed by atoms with Gasteiger partial charge in [-0.15, -0.1) is 0 Å². The summed E-state index contributed by atoms with van der Waals surface area (Å²) in [6, 6.07) is 21.9. The molecule has 0 bridgehead atoms. The number of anilines is 2. The molecule has 4 heteroatoms. The molecule has 138 valence electrons. The Bertz CT molecular complexity index is 889. The monoisotopic (exact) mass is 359 g/mol. The predicted octanol–water partition coefficient (Wildman–Crippen LogP) is 5.63. The van der Waals surface area contributed by atoms with Crippen LogP contribution in [-0.2, 0) is 0 Å². The van der Waals surface area contributed by atoms with Crippen molar-refractivity contribution >= 4 is 17.3 Å². The lowest BCUT2D eigenvalue weighted by Gasteiger charge is -2.16. The lowest BCUT2D eigenvalue weighted by molar-refractivity contribution is 0.102. The van der Waals surface area contributed by atoms with E-state index in [1.165, 1.54) is 5.56 Å². The third kappa shape index (κ3) is 4.73. The van der Waals surface area contributed by atoms with Gasteiger partial charge in [-0.05, 0) is 42.2 Å². The molecule has 0 aliphatic rings. The first-order valence-corrected chi connectivity index (χ1v) is 9.22. The van der Waals surface area contributed by atoms with Crippen molar-refractivity contribution in [2.45, 2.75) is 32.7 Å². The maximum Gasteiger partial charge on any atom is 0.274 e. The first kappa shape index (κ1) is 18.6. The normalized spacial score (nSPS) is 11.9. The zero-order valence-electron chi connectivity index (χ0n) is 15.9. The number of rotatable bonds is 6. The summed E-state index contributed by atoms with van der Waals surface area (Å²) in [4.78, 5) is 16.9. The summed E-state index contributed by atoms with van der Waals surface area (Å²) in [5, 5.41) is 6.38. The molecular weight excluding hydrogens is 334 g/mol. The van der Waals surface area contributed by atoms with E-state index in [2.05, 4.69) is 48.5 Å². The second-order valence-corrected chi connectivity index (χ2v) is 6.90. The summed E-state index contributed by atoms with van der Waals surface area (Å²) >= 11 is 0. The van der Waals surface area contributed by atoms with Gasteiger partial charge in [-0.25, -0.2) is 4.98 Å². The molecule has 1 amide bonds.